The van der Waals surface area contributed by atoms with E-state index < -0.39 is 0 Å². The average molecular weight is 175 g/mol. The summed E-state index contributed by atoms with van der Waals surface area (Å²) < 4.78 is 0. The van der Waals surface area contributed by atoms with Gasteiger partial charge in [-0.05, 0) is 0 Å². The van der Waals surface area contributed by atoms with Gasteiger partial charge in [-0.1, -0.05) is 26.7 Å². The van der Waals surface area contributed by atoms with Crippen molar-refractivity contribution in [3.8, 4) is 0 Å². The maximum absolute atomic E-state index is 3.60. The number of unbranched alkanes of at least 4 members (excludes halogenated alkanes) is 1. The Morgan fingerprint density at radius 3 is 1.80 bits per heavy atom. The van der Waals surface area contributed by atoms with E-state index >= 15 is 0 Å². The van der Waals surface area contributed by atoms with Gasteiger partial charge in [-0.15, -0.1) is 0 Å². The Morgan fingerprint density at radius 2 is 1.80 bits per heavy atom. The Labute approximate surface area is 52.7 Å². The monoisotopic (exact) mass is 175 g/mol. The molecule has 5 heavy (non-hydrogen) atoms. The number of hydrogen-bond donors (Lipinski definition) is 0. The molecule has 1 heteroatoms. The van der Waals surface area contributed by atoms with Crippen molar-refractivity contribution in [2.24, 2.45) is 0 Å². The van der Waals surface area contributed by atoms with Gasteiger partial charge in [0.1, 0.15) is 0 Å². The van der Waals surface area contributed by atoms with E-state index in [4.69, 9.17) is 0 Å². The van der Waals surface area contributed by atoms with Gasteiger partial charge in [-0.2, -0.15) is 0 Å². The summed E-state index contributed by atoms with van der Waals surface area (Å²) in [4.78, 5) is 0. The van der Waals surface area contributed by atoms with Gasteiger partial charge >= 0.3 is 25.8 Å². The molecule has 0 aliphatic rings. The zero-order valence-electron chi connectivity index (χ0n) is 3.12. The Balaban J connectivity index is 0. The minimum atomic E-state index is 0. The van der Waals surface area contributed by atoms with Crippen LogP contribution >= 0.6 is 0 Å². The van der Waals surface area contributed by atoms with E-state index in [2.05, 4.69) is 13.8 Å². The van der Waals surface area contributed by atoms with Gasteiger partial charge in [-0.25, -0.2) is 0 Å². The Kier molecular flexibility index (Phi) is 16.5. The van der Waals surface area contributed by atoms with Crippen LogP contribution in [-0.4, -0.2) is 25.8 Å². The van der Waals surface area contributed by atoms with Gasteiger partial charge in [0.25, 0.3) is 0 Å². The van der Waals surface area contributed by atoms with Crippen LogP contribution in [0.4, 0.5) is 0 Å². The van der Waals surface area contributed by atoms with Crippen LogP contribution in [0.25, 0.3) is 0 Å². The molecular weight excluding hydrogens is 163 g/mol. The van der Waals surface area contributed by atoms with Crippen LogP contribution in [0.15, 0.2) is 0 Å². The van der Waals surface area contributed by atoms with Crippen molar-refractivity contribution in [1.29, 1.82) is 0 Å². The molecule has 0 rings (SSSR count). The van der Waals surface area contributed by atoms with Crippen LogP contribution < -0.4 is 0 Å². The Hall–Kier alpha value is 0.870. The van der Waals surface area contributed by atoms with Gasteiger partial charge < -0.3 is 0 Å². The van der Waals surface area contributed by atoms with Crippen LogP contribution in [0.5, 0.6) is 0 Å². The summed E-state index contributed by atoms with van der Waals surface area (Å²) in [6, 6.07) is 0. The van der Waals surface area contributed by atoms with Gasteiger partial charge in [0.2, 0.25) is 0 Å². The summed E-state index contributed by atoms with van der Waals surface area (Å²) in [5, 5.41) is 0. The molecule has 0 N–H and O–H groups in total. The van der Waals surface area contributed by atoms with E-state index in [1.807, 2.05) is 0 Å². The topological polar surface area (TPSA) is 0 Å². The Bertz CT molecular complexity index is 5.61. The number of hydrogen-bond acceptors (Lipinski definition) is 0. The molecule has 0 heterocycles. The molecule has 0 aromatic rings. The molecule has 0 amide bonds. The molecule has 0 unspecified atom stereocenters. The molecule has 0 aromatic heterocycles. The van der Waals surface area contributed by atoms with Crippen molar-refractivity contribution in [3.63, 3.8) is 0 Å². The first kappa shape index (κ1) is 9.30. The number of rotatable bonds is 1. The second-order valence-electron chi connectivity index (χ2n) is 0.854. The SMILES string of the molecule is [CH2]CCC.[InH3]. The first-order chi connectivity index (χ1) is 1.91. The van der Waals surface area contributed by atoms with E-state index in [1.54, 1.807) is 0 Å². The molecular formula is C4H12In. The van der Waals surface area contributed by atoms with E-state index in [0.717, 1.165) is 6.42 Å². The van der Waals surface area contributed by atoms with Crippen molar-refractivity contribution in [1.82, 2.24) is 0 Å². The molecule has 0 saturated carbocycles. The summed E-state index contributed by atoms with van der Waals surface area (Å²) in [5.41, 5.74) is 0. The minimum absolute atomic E-state index is 0. The van der Waals surface area contributed by atoms with E-state index in [0.29, 0.717) is 0 Å². The van der Waals surface area contributed by atoms with Gasteiger partial charge in [0.05, 0.1) is 0 Å². The zero-order valence-corrected chi connectivity index (χ0v) is 3.12. The van der Waals surface area contributed by atoms with E-state index in [1.165, 1.54) is 6.42 Å². The predicted octanol–water partition coefficient (Wildman–Crippen LogP) is 0.437. The van der Waals surface area contributed by atoms with Crippen LogP contribution in [0, 0.1) is 6.92 Å². The predicted molar refractivity (Wildman–Crippen MR) is 30.2 cm³/mol. The molecule has 0 bridgehead atoms. The Morgan fingerprint density at radius 1 is 1.60 bits per heavy atom. The first-order valence-electron chi connectivity index (χ1n) is 1.71. The van der Waals surface area contributed by atoms with Gasteiger partial charge in [0, 0.05) is 0 Å². The third-order valence-corrected chi connectivity index (χ3v) is 0.354. The fourth-order valence-electron chi connectivity index (χ4n) is 0. The first-order valence-corrected chi connectivity index (χ1v) is 1.71. The fourth-order valence-corrected chi connectivity index (χ4v) is 0. The van der Waals surface area contributed by atoms with Crippen molar-refractivity contribution in [3.05, 3.63) is 6.92 Å². The molecule has 1 radical (unpaired) electrons. The quantitative estimate of drug-likeness (QED) is 0.542. The summed E-state index contributed by atoms with van der Waals surface area (Å²) in [6.45, 7) is 5.72. The molecule has 0 aliphatic carbocycles. The molecule has 0 fully saturated rings. The molecule has 0 atom stereocenters. The van der Waals surface area contributed by atoms with Gasteiger partial charge in [0.15, 0.2) is 0 Å². The van der Waals surface area contributed by atoms with Crippen LogP contribution in [0.2, 0.25) is 0 Å². The zero-order chi connectivity index (χ0) is 3.41. The van der Waals surface area contributed by atoms with E-state index in [9.17, 15) is 0 Å². The maximum atomic E-state index is 3.60. The van der Waals surface area contributed by atoms with Crippen molar-refractivity contribution < 1.29 is 0 Å². The van der Waals surface area contributed by atoms with Crippen LogP contribution in [-0.2, 0) is 0 Å². The normalized spacial score (nSPS) is 6.00. The van der Waals surface area contributed by atoms with Crippen molar-refractivity contribution in [2.45, 2.75) is 19.8 Å². The van der Waals surface area contributed by atoms with Crippen molar-refractivity contribution in [2.75, 3.05) is 0 Å². The molecule has 0 nitrogen and oxygen atoms in total. The third-order valence-electron chi connectivity index (χ3n) is 0.354. The van der Waals surface area contributed by atoms with Gasteiger partial charge in [-0.3, -0.25) is 0 Å². The second-order valence-corrected chi connectivity index (χ2v) is 0.854. The molecule has 0 saturated heterocycles. The standard InChI is InChI=1S/C4H9.In.3H/c1-3-4-2;;;;/h1,3-4H2,2H3;;;;. The fraction of sp³-hybridized carbons (Fsp3) is 0.750. The third kappa shape index (κ3) is 11.5. The summed E-state index contributed by atoms with van der Waals surface area (Å²) >= 11 is 0. The van der Waals surface area contributed by atoms with E-state index in [-0.39, 0.29) is 25.8 Å². The molecule has 31 valence electrons. The molecule has 0 spiro atoms. The van der Waals surface area contributed by atoms with Crippen molar-refractivity contribution >= 4 is 25.8 Å². The molecule has 0 aromatic carbocycles. The summed E-state index contributed by atoms with van der Waals surface area (Å²) in [6.07, 6.45) is 2.28. The summed E-state index contributed by atoms with van der Waals surface area (Å²) in [7, 11) is 0. The van der Waals surface area contributed by atoms with Crippen LogP contribution in [0.3, 0.4) is 0 Å². The second kappa shape index (κ2) is 8.85. The van der Waals surface area contributed by atoms with Crippen LogP contribution in [0.1, 0.15) is 19.8 Å². The average Bonchev–Trinajstić information content (AvgIpc) is 1.37. The molecule has 0 aliphatic heterocycles. The summed E-state index contributed by atoms with van der Waals surface area (Å²) in [5.74, 6) is 0.